The van der Waals surface area contributed by atoms with E-state index in [4.69, 9.17) is 5.73 Å². The van der Waals surface area contributed by atoms with Crippen molar-refractivity contribution in [1.82, 2.24) is 15.0 Å². The molecule has 1 aliphatic rings. The van der Waals surface area contributed by atoms with E-state index >= 15 is 0 Å². The molecule has 158 valence electrons. The van der Waals surface area contributed by atoms with Gasteiger partial charge in [-0.05, 0) is 42.8 Å². The second-order valence-electron chi connectivity index (χ2n) is 7.92. The van der Waals surface area contributed by atoms with Crippen molar-refractivity contribution >= 4 is 16.7 Å². The maximum absolute atomic E-state index is 14.2. The Morgan fingerprint density at radius 2 is 1.81 bits per heavy atom. The number of rotatable bonds is 4. The van der Waals surface area contributed by atoms with Crippen LogP contribution in [0.5, 0.6) is 0 Å². The van der Waals surface area contributed by atoms with Crippen LogP contribution < -0.4 is 10.6 Å². The highest BCUT2D eigenvalue weighted by molar-refractivity contribution is 5.92. The Hall–Kier alpha value is -3.39. The Kier molecular flexibility index (Phi) is 4.66. The van der Waals surface area contributed by atoms with Crippen molar-refractivity contribution in [2.45, 2.75) is 6.92 Å². The molecule has 0 unspecified atom stereocenters. The van der Waals surface area contributed by atoms with Crippen LogP contribution in [0.1, 0.15) is 5.56 Å². The van der Waals surface area contributed by atoms with Crippen molar-refractivity contribution in [2.75, 3.05) is 24.5 Å². The van der Waals surface area contributed by atoms with E-state index in [0.29, 0.717) is 29.4 Å². The lowest BCUT2D eigenvalue weighted by Crippen LogP contribution is -2.50. The topological polar surface area (TPSA) is 70.8 Å². The molecule has 5 rings (SSSR count). The Morgan fingerprint density at radius 1 is 1.03 bits per heavy atom. The van der Waals surface area contributed by atoms with Gasteiger partial charge < -0.3 is 15.6 Å². The van der Waals surface area contributed by atoms with Gasteiger partial charge in [0, 0.05) is 43.0 Å². The van der Waals surface area contributed by atoms with E-state index in [1.807, 2.05) is 6.92 Å². The van der Waals surface area contributed by atoms with E-state index in [2.05, 4.69) is 19.9 Å². The monoisotopic (exact) mass is 423 g/mol. The highest BCUT2D eigenvalue weighted by atomic mass is 19.1. The first-order chi connectivity index (χ1) is 14.9. The second kappa shape index (κ2) is 7.39. The van der Waals surface area contributed by atoms with Gasteiger partial charge in [0.05, 0.1) is 16.8 Å². The molecule has 3 N–H and O–H groups in total. The summed E-state index contributed by atoms with van der Waals surface area (Å²) in [6.07, 6.45) is 3.33. The minimum Gasteiger partial charge on any atom is -0.370 e. The van der Waals surface area contributed by atoms with Gasteiger partial charge >= 0.3 is 0 Å². The fraction of sp³-hybridized carbons (Fsp3) is 0.217. The fourth-order valence-corrected chi connectivity index (χ4v) is 4.12. The van der Waals surface area contributed by atoms with E-state index in [1.54, 1.807) is 18.5 Å². The van der Waals surface area contributed by atoms with Crippen molar-refractivity contribution in [3.05, 3.63) is 65.7 Å². The Morgan fingerprint density at radius 3 is 2.58 bits per heavy atom. The average molecular weight is 423 g/mol. The normalized spacial score (nSPS) is 14.3. The molecule has 0 radical (unpaired) electrons. The van der Waals surface area contributed by atoms with Gasteiger partial charge in [-0.25, -0.2) is 18.2 Å². The van der Waals surface area contributed by atoms with Gasteiger partial charge in [0.15, 0.2) is 5.82 Å². The number of hydrogen-bond acceptors (Lipinski definition) is 4. The smallest absolute Gasteiger partial charge is 0.153 e. The number of H-pyrrole nitrogens is 1. The summed E-state index contributed by atoms with van der Waals surface area (Å²) >= 11 is 0. The molecule has 31 heavy (non-hydrogen) atoms. The van der Waals surface area contributed by atoms with E-state index in [0.717, 1.165) is 36.0 Å². The number of aromatic amines is 1. The van der Waals surface area contributed by atoms with Gasteiger partial charge in [0.25, 0.3) is 0 Å². The fourth-order valence-electron chi connectivity index (χ4n) is 4.12. The Bertz CT molecular complexity index is 1290. The first kappa shape index (κ1) is 19.6. The predicted octanol–water partition coefficient (Wildman–Crippen LogP) is 4.41. The first-order valence-electron chi connectivity index (χ1n) is 9.99. The second-order valence-corrected chi connectivity index (χ2v) is 7.92. The minimum atomic E-state index is -0.740. The quantitative estimate of drug-likeness (QED) is 0.510. The Labute approximate surface area is 176 Å². The van der Waals surface area contributed by atoms with Crippen LogP contribution in [0.2, 0.25) is 0 Å². The van der Waals surface area contributed by atoms with Crippen molar-refractivity contribution in [1.29, 1.82) is 0 Å². The highest BCUT2D eigenvalue weighted by Gasteiger charge is 2.31. The summed E-state index contributed by atoms with van der Waals surface area (Å²) in [6, 6.07) is 6.63. The maximum atomic E-state index is 14.2. The van der Waals surface area contributed by atoms with Crippen LogP contribution in [0.4, 0.5) is 18.9 Å². The number of pyridine rings is 1. The molecular weight excluding hydrogens is 403 g/mol. The standard InChI is InChI=1S/C23H20F3N5/c1-12-2-3-14(24)4-16(12)17-8-28-9-18(22(17)31-10-13(7-27)11-31)23-29-20-6-15(25)5-19(26)21(20)30-23/h2-6,8-9,13H,7,10-11,27H2,1H3,(H,29,30). The molecule has 0 bridgehead atoms. The van der Waals surface area contributed by atoms with Crippen LogP contribution in [-0.4, -0.2) is 34.6 Å². The van der Waals surface area contributed by atoms with E-state index in [1.165, 1.54) is 18.2 Å². The van der Waals surface area contributed by atoms with Gasteiger partial charge in [-0.15, -0.1) is 0 Å². The summed E-state index contributed by atoms with van der Waals surface area (Å²) in [5.41, 5.74) is 9.93. The molecule has 4 aromatic rings. The van der Waals surface area contributed by atoms with Crippen molar-refractivity contribution in [3.8, 4) is 22.5 Å². The van der Waals surface area contributed by atoms with Crippen molar-refractivity contribution < 1.29 is 13.2 Å². The summed E-state index contributed by atoms with van der Waals surface area (Å²) < 4.78 is 42.0. The molecule has 5 nitrogen and oxygen atoms in total. The zero-order valence-electron chi connectivity index (χ0n) is 16.8. The van der Waals surface area contributed by atoms with Crippen LogP contribution in [0.3, 0.4) is 0 Å². The van der Waals surface area contributed by atoms with Crippen LogP contribution in [0.25, 0.3) is 33.5 Å². The predicted molar refractivity (Wildman–Crippen MR) is 114 cm³/mol. The summed E-state index contributed by atoms with van der Waals surface area (Å²) in [4.78, 5) is 13.9. The molecule has 0 spiro atoms. The molecule has 3 heterocycles. The number of fused-ring (bicyclic) bond motifs is 1. The van der Waals surface area contributed by atoms with Gasteiger partial charge in [-0.2, -0.15) is 0 Å². The first-order valence-corrected chi connectivity index (χ1v) is 9.99. The number of halogens is 3. The molecule has 0 atom stereocenters. The van der Waals surface area contributed by atoms with Gasteiger partial charge in [-0.3, -0.25) is 4.98 Å². The third-order valence-electron chi connectivity index (χ3n) is 5.77. The van der Waals surface area contributed by atoms with E-state index < -0.39 is 11.6 Å². The molecule has 2 aromatic carbocycles. The lowest BCUT2D eigenvalue weighted by Gasteiger charge is -2.42. The van der Waals surface area contributed by atoms with Crippen molar-refractivity contribution in [3.63, 3.8) is 0 Å². The third kappa shape index (κ3) is 3.33. The van der Waals surface area contributed by atoms with Gasteiger partial charge in [0.2, 0.25) is 0 Å². The third-order valence-corrected chi connectivity index (χ3v) is 5.77. The van der Waals surface area contributed by atoms with Crippen LogP contribution in [0, 0.1) is 30.3 Å². The zero-order valence-corrected chi connectivity index (χ0v) is 16.8. The zero-order chi connectivity index (χ0) is 21.7. The molecule has 0 saturated carbocycles. The molecular formula is C23H20F3N5. The van der Waals surface area contributed by atoms with E-state index in [9.17, 15) is 13.2 Å². The SMILES string of the molecule is Cc1ccc(F)cc1-c1cncc(-c2nc3c(F)cc(F)cc3[nH]2)c1N1CC(CN)C1. The molecule has 1 saturated heterocycles. The number of benzene rings is 2. The molecule has 1 aliphatic heterocycles. The minimum absolute atomic E-state index is 0.0538. The lowest BCUT2D eigenvalue weighted by atomic mass is 9.93. The van der Waals surface area contributed by atoms with Crippen molar-refractivity contribution in [2.24, 2.45) is 11.7 Å². The molecule has 0 aliphatic carbocycles. The number of imidazole rings is 1. The number of aryl methyl sites for hydroxylation is 1. The molecule has 8 heteroatoms. The molecule has 1 fully saturated rings. The summed E-state index contributed by atoms with van der Waals surface area (Å²) in [6.45, 7) is 3.94. The van der Waals surface area contributed by atoms with E-state index in [-0.39, 0.29) is 16.9 Å². The summed E-state index contributed by atoms with van der Waals surface area (Å²) in [7, 11) is 0. The highest BCUT2D eigenvalue weighted by Crippen LogP contribution is 2.42. The van der Waals surface area contributed by atoms with Gasteiger partial charge in [-0.1, -0.05) is 6.07 Å². The largest absolute Gasteiger partial charge is 0.370 e. The number of nitrogens with zero attached hydrogens (tertiary/aromatic N) is 3. The number of aromatic nitrogens is 3. The average Bonchev–Trinajstić information content (AvgIpc) is 3.13. The molecule has 2 aromatic heterocycles. The number of anilines is 1. The summed E-state index contributed by atoms with van der Waals surface area (Å²) in [5, 5.41) is 0. The lowest BCUT2D eigenvalue weighted by molar-refractivity contribution is 0.421. The van der Waals surface area contributed by atoms with Crippen LogP contribution in [-0.2, 0) is 0 Å². The van der Waals surface area contributed by atoms with Crippen LogP contribution >= 0.6 is 0 Å². The van der Waals surface area contributed by atoms with Gasteiger partial charge in [0.1, 0.15) is 23.0 Å². The summed E-state index contributed by atoms with van der Waals surface area (Å²) in [5.74, 6) is -1.05. The molecule has 0 amide bonds. The number of nitrogens with one attached hydrogen (secondary N) is 1. The van der Waals surface area contributed by atoms with Crippen LogP contribution in [0.15, 0.2) is 42.7 Å². The number of nitrogens with two attached hydrogens (primary N) is 1. The Balaban J connectivity index is 1.73. The maximum Gasteiger partial charge on any atom is 0.153 e. The number of hydrogen-bond donors (Lipinski definition) is 2.